The van der Waals surface area contributed by atoms with Crippen LogP contribution >= 0.6 is 11.6 Å². The Hall–Kier alpha value is -1.95. The Kier molecular flexibility index (Phi) is 3.80. The SMILES string of the molecule is CCn1c(=O)c(CCC(=O)O)nc2cc(Cl)cnc21. The van der Waals surface area contributed by atoms with Gasteiger partial charge in [-0.05, 0) is 13.0 Å². The van der Waals surface area contributed by atoms with E-state index in [1.54, 1.807) is 6.07 Å². The lowest BCUT2D eigenvalue weighted by molar-refractivity contribution is -0.136. The Labute approximate surface area is 113 Å². The number of pyridine rings is 1. The first-order valence-corrected chi connectivity index (χ1v) is 6.17. The summed E-state index contributed by atoms with van der Waals surface area (Å²) < 4.78 is 1.47. The van der Waals surface area contributed by atoms with Gasteiger partial charge in [-0.2, -0.15) is 0 Å². The third-order valence-corrected chi connectivity index (χ3v) is 2.92. The maximum absolute atomic E-state index is 12.1. The van der Waals surface area contributed by atoms with Gasteiger partial charge in [0.1, 0.15) is 11.2 Å². The van der Waals surface area contributed by atoms with Crippen LogP contribution in [0.1, 0.15) is 19.0 Å². The molecule has 0 amide bonds. The number of fused-ring (bicyclic) bond motifs is 1. The van der Waals surface area contributed by atoms with Gasteiger partial charge < -0.3 is 5.11 Å². The van der Waals surface area contributed by atoms with Crippen LogP contribution in [0.4, 0.5) is 0 Å². The highest BCUT2D eigenvalue weighted by Crippen LogP contribution is 2.14. The molecule has 0 bridgehead atoms. The lowest BCUT2D eigenvalue weighted by Crippen LogP contribution is -2.26. The number of carboxylic acids is 1. The van der Waals surface area contributed by atoms with Crippen LogP contribution in [0.15, 0.2) is 17.1 Å². The highest BCUT2D eigenvalue weighted by atomic mass is 35.5. The first-order chi connectivity index (χ1) is 9.02. The zero-order valence-electron chi connectivity index (χ0n) is 10.3. The van der Waals surface area contributed by atoms with Crippen molar-refractivity contribution < 1.29 is 9.90 Å². The van der Waals surface area contributed by atoms with E-state index in [1.165, 1.54) is 10.8 Å². The summed E-state index contributed by atoms with van der Waals surface area (Å²) in [5.74, 6) is -0.964. The molecule has 0 aliphatic heterocycles. The van der Waals surface area contributed by atoms with Crippen LogP contribution in [0.25, 0.3) is 11.2 Å². The monoisotopic (exact) mass is 281 g/mol. The fraction of sp³-hybridized carbons (Fsp3) is 0.333. The minimum atomic E-state index is -0.964. The molecule has 19 heavy (non-hydrogen) atoms. The zero-order valence-corrected chi connectivity index (χ0v) is 11.0. The van der Waals surface area contributed by atoms with Crippen LogP contribution in [0.5, 0.6) is 0 Å². The predicted octanol–water partition coefficient (Wildman–Crippen LogP) is 1.48. The average molecular weight is 282 g/mol. The molecular weight excluding hydrogens is 270 g/mol. The lowest BCUT2D eigenvalue weighted by atomic mass is 10.2. The van der Waals surface area contributed by atoms with E-state index >= 15 is 0 Å². The Morgan fingerprint density at radius 3 is 2.89 bits per heavy atom. The van der Waals surface area contributed by atoms with Crippen LogP contribution in [0, 0.1) is 0 Å². The lowest BCUT2D eigenvalue weighted by Gasteiger charge is -2.09. The first-order valence-electron chi connectivity index (χ1n) is 5.79. The van der Waals surface area contributed by atoms with Crippen LogP contribution in [0.3, 0.4) is 0 Å². The van der Waals surface area contributed by atoms with Crippen molar-refractivity contribution in [3.63, 3.8) is 0 Å². The topological polar surface area (TPSA) is 85.1 Å². The fourth-order valence-corrected chi connectivity index (χ4v) is 1.99. The van der Waals surface area contributed by atoms with E-state index < -0.39 is 5.97 Å². The average Bonchev–Trinajstić information content (AvgIpc) is 2.36. The summed E-state index contributed by atoms with van der Waals surface area (Å²) in [7, 11) is 0. The standard InChI is InChI=1S/C12H12ClN3O3/c1-2-16-11-9(5-7(13)6-14-11)15-8(12(16)19)3-4-10(17)18/h5-6H,2-4H2,1H3,(H,17,18). The molecule has 0 radical (unpaired) electrons. The molecular formula is C12H12ClN3O3. The number of aryl methyl sites for hydroxylation is 2. The summed E-state index contributed by atoms with van der Waals surface area (Å²) in [6, 6.07) is 1.61. The summed E-state index contributed by atoms with van der Waals surface area (Å²) in [6.45, 7) is 2.25. The van der Waals surface area contributed by atoms with Gasteiger partial charge in [0.15, 0.2) is 5.65 Å². The molecule has 2 aromatic heterocycles. The van der Waals surface area contributed by atoms with E-state index in [2.05, 4.69) is 9.97 Å². The van der Waals surface area contributed by atoms with E-state index in [-0.39, 0.29) is 24.1 Å². The van der Waals surface area contributed by atoms with E-state index in [0.29, 0.717) is 22.7 Å². The summed E-state index contributed by atoms with van der Waals surface area (Å²) >= 11 is 5.85. The van der Waals surface area contributed by atoms with Crippen molar-refractivity contribution in [2.75, 3.05) is 0 Å². The molecule has 0 fully saturated rings. The Bertz CT molecular complexity index is 696. The maximum atomic E-state index is 12.1. The molecule has 1 N–H and O–H groups in total. The number of aromatic nitrogens is 3. The van der Waals surface area contributed by atoms with Gasteiger partial charge in [-0.1, -0.05) is 11.6 Å². The number of rotatable bonds is 4. The largest absolute Gasteiger partial charge is 0.481 e. The van der Waals surface area contributed by atoms with Gasteiger partial charge >= 0.3 is 5.97 Å². The van der Waals surface area contributed by atoms with Crippen molar-refractivity contribution in [2.24, 2.45) is 0 Å². The molecule has 0 aromatic carbocycles. The number of halogens is 1. The minimum Gasteiger partial charge on any atom is -0.481 e. The van der Waals surface area contributed by atoms with Crippen molar-refractivity contribution in [1.82, 2.24) is 14.5 Å². The molecule has 0 unspecified atom stereocenters. The molecule has 0 saturated heterocycles. The number of hydrogen-bond acceptors (Lipinski definition) is 4. The van der Waals surface area contributed by atoms with E-state index in [4.69, 9.17) is 16.7 Å². The van der Waals surface area contributed by atoms with Crippen molar-refractivity contribution in [1.29, 1.82) is 0 Å². The summed E-state index contributed by atoms with van der Waals surface area (Å²) in [4.78, 5) is 31.0. The Morgan fingerprint density at radius 1 is 1.53 bits per heavy atom. The normalized spacial score (nSPS) is 10.8. The Morgan fingerprint density at radius 2 is 2.26 bits per heavy atom. The molecule has 2 rings (SSSR count). The van der Waals surface area contributed by atoms with Crippen LogP contribution in [-0.4, -0.2) is 25.6 Å². The van der Waals surface area contributed by atoms with Gasteiger partial charge in [0.25, 0.3) is 5.56 Å². The van der Waals surface area contributed by atoms with E-state index in [1.807, 2.05) is 6.92 Å². The van der Waals surface area contributed by atoms with E-state index in [9.17, 15) is 9.59 Å². The zero-order chi connectivity index (χ0) is 14.0. The molecule has 6 nitrogen and oxygen atoms in total. The molecule has 0 spiro atoms. The maximum Gasteiger partial charge on any atom is 0.303 e. The quantitative estimate of drug-likeness (QED) is 0.917. The van der Waals surface area contributed by atoms with Crippen molar-refractivity contribution in [3.8, 4) is 0 Å². The van der Waals surface area contributed by atoms with Crippen molar-refractivity contribution in [2.45, 2.75) is 26.3 Å². The second kappa shape index (κ2) is 5.36. The first kappa shape index (κ1) is 13.5. The molecule has 0 aliphatic rings. The van der Waals surface area contributed by atoms with Crippen LogP contribution in [-0.2, 0) is 17.8 Å². The van der Waals surface area contributed by atoms with Crippen LogP contribution < -0.4 is 5.56 Å². The number of hydrogen-bond donors (Lipinski definition) is 1. The number of aliphatic carboxylic acids is 1. The van der Waals surface area contributed by atoms with Gasteiger partial charge in [-0.15, -0.1) is 0 Å². The molecule has 0 aliphatic carbocycles. The summed E-state index contributed by atoms with van der Waals surface area (Å²) in [6.07, 6.45) is 1.41. The second-order valence-electron chi connectivity index (χ2n) is 4.00. The molecule has 0 atom stereocenters. The number of carbonyl (C=O) groups is 1. The van der Waals surface area contributed by atoms with Gasteiger partial charge in [0, 0.05) is 19.2 Å². The highest BCUT2D eigenvalue weighted by molar-refractivity contribution is 6.30. The number of nitrogens with zero attached hydrogens (tertiary/aromatic N) is 3. The fourth-order valence-electron chi connectivity index (χ4n) is 1.84. The molecule has 7 heteroatoms. The van der Waals surface area contributed by atoms with Crippen molar-refractivity contribution in [3.05, 3.63) is 33.3 Å². The second-order valence-corrected chi connectivity index (χ2v) is 4.43. The van der Waals surface area contributed by atoms with Crippen molar-refractivity contribution >= 4 is 28.7 Å². The van der Waals surface area contributed by atoms with Gasteiger partial charge in [0.05, 0.1) is 11.4 Å². The highest BCUT2D eigenvalue weighted by Gasteiger charge is 2.12. The van der Waals surface area contributed by atoms with Gasteiger partial charge in [-0.25, -0.2) is 9.97 Å². The summed E-state index contributed by atoms with van der Waals surface area (Å²) in [5, 5.41) is 9.10. The summed E-state index contributed by atoms with van der Waals surface area (Å²) in [5.41, 5.74) is 0.872. The number of carboxylic acid groups (broad SMARTS) is 1. The molecule has 0 saturated carbocycles. The minimum absolute atomic E-state index is 0.0939. The Balaban J connectivity index is 2.62. The third-order valence-electron chi connectivity index (χ3n) is 2.71. The molecule has 2 heterocycles. The van der Waals surface area contributed by atoms with Crippen LogP contribution in [0.2, 0.25) is 5.02 Å². The third kappa shape index (κ3) is 2.73. The van der Waals surface area contributed by atoms with Gasteiger partial charge in [-0.3, -0.25) is 14.2 Å². The smallest absolute Gasteiger partial charge is 0.303 e. The molecule has 100 valence electrons. The van der Waals surface area contributed by atoms with E-state index in [0.717, 1.165) is 0 Å². The molecule has 2 aromatic rings. The van der Waals surface area contributed by atoms with Gasteiger partial charge in [0.2, 0.25) is 0 Å². The predicted molar refractivity (Wildman–Crippen MR) is 70.4 cm³/mol.